The van der Waals surface area contributed by atoms with Crippen LogP contribution in [0.15, 0.2) is 28.7 Å². The van der Waals surface area contributed by atoms with Crippen LogP contribution in [-0.4, -0.2) is 41.1 Å². The fourth-order valence-corrected chi connectivity index (χ4v) is 2.73. The molecule has 1 atom stereocenters. The summed E-state index contributed by atoms with van der Waals surface area (Å²) in [6, 6.07) is 5.62. The Kier molecular flexibility index (Phi) is 6.05. The summed E-state index contributed by atoms with van der Waals surface area (Å²) in [5, 5.41) is 4.86. The maximum atomic E-state index is 12.4. The van der Waals surface area contributed by atoms with Crippen molar-refractivity contribution in [3.8, 4) is 0 Å². The average molecular weight is 412 g/mol. The summed E-state index contributed by atoms with van der Waals surface area (Å²) >= 11 is 3.31. The molecule has 4 amide bonds. The predicted molar refractivity (Wildman–Crippen MR) is 97.3 cm³/mol. The van der Waals surface area contributed by atoms with Crippen molar-refractivity contribution in [2.45, 2.75) is 45.3 Å². The van der Waals surface area contributed by atoms with Crippen LogP contribution >= 0.6 is 15.9 Å². The van der Waals surface area contributed by atoms with Crippen LogP contribution in [0.4, 0.5) is 15.3 Å². The molecule has 1 saturated heterocycles. The Morgan fingerprint density at radius 1 is 1.20 bits per heavy atom. The maximum absolute atomic E-state index is 12.4. The van der Waals surface area contributed by atoms with E-state index in [1.54, 1.807) is 45.0 Å². The first-order valence-corrected chi connectivity index (χ1v) is 8.82. The molecular weight excluding hydrogens is 390 g/mol. The Balaban J connectivity index is 1.93. The maximum Gasteiger partial charge on any atom is 0.410 e. The summed E-state index contributed by atoms with van der Waals surface area (Å²) in [5.41, 5.74) is -0.0800. The Bertz CT molecular complexity index is 655. The van der Waals surface area contributed by atoms with Crippen LogP contribution < -0.4 is 10.6 Å². The van der Waals surface area contributed by atoms with Crippen molar-refractivity contribution in [3.63, 3.8) is 0 Å². The van der Waals surface area contributed by atoms with Gasteiger partial charge in [-0.3, -0.25) is 15.0 Å². The molecule has 0 spiro atoms. The highest BCUT2D eigenvalue weighted by Gasteiger charge is 2.37. The van der Waals surface area contributed by atoms with Gasteiger partial charge in [0.05, 0.1) is 0 Å². The first-order valence-electron chi connectivity index (χ1n) is 8.03. The number of nitrogens with zero attached hydrogens (tertiary/aromatic N) is 1. The Hall–Kier alpha value is -2.09. The van der Waals surface area contributed by atoms with Gasteiger partial charge in [-0.05, 0) is 57.9 Å². The molecule has 2 rings (SSSR count). The smallest absolute Gasteiger partial charge is 0.410 e. The SMILES string of the molecule is CC(C)(C)OC(=O)N1CCCC1C(=O)NC(=O)Nc1ccc(Br)cc1. The number of halogens is 1. The summed E-state index contributed by atoms with van der Waals surface area (Å²) in [6.45, 7) is 5.73. The van der Waals surface area contributed by atoms with Crippen LogP contribution in [0.1, 0.15) is 33.6 Å². The lowest BCUT2D eigenvalue weighted by atomic mass is 10.2. The van der Waals surface area contributed by atoms with Gasteiger partial charge >= 0.3 is 12.1 Å². The van der Waals surface area contributed by atoms with Gasteiger partial charge in [0.1, 0.15) is 11.6 Å². The number of hydrogen-bond donors (Lipinski definition) is 2. The molecule has 1 aromatic carbocycles. The van der Waals surface area contributed by atoms with Crippen LogP contribution in [0.5, 0.6) is 0 Å². The number of benzene rings is 1. The van der Waals surface area contributed by atoms with Gasteiger partial charge in [-0.15, -0.1) is 0 Å². The standard InChI is InChI=1S/C17H22BrN3O4/c1-17(2,3)25-16(24)21-10-4-5-13(21)14(22)20-15(23)19-12-8-6-11(18)7-9-12/h6-9,13H,4-5,10H2,1-3H3,(H2,19,20,22,23). The Labute approximate surface area is 155 Å². The van der Waals surface area contributed by atoms with Crippen molar-refractivity contribution < 1.29 is 19.1 Å². The van der Waals surface area contributed by atoms with Crippen LogP contribution in [0.25, 0.3) is 0 Å². The second-order valence-corrected chi connectivity index (χ2v) is 7.70. The molecule has 1 aromatic rings. The van der Waals surface area contributed by atoms with E-state index < -0.39 is 29.7 Å². The zero-order valence-electron chi connectivity index (χ0n) is 14.5. The summed E-state index contributed by atoms with van der Waals surface area (Å²) in [5.74, 6) is -0.516. The van der Waals surface area contributed by atoms with Crippen LogP contribution in [0.3, 0.4) is 0 Å². The third-order valence-corrected chi connectivity index (χ3v) is 4.05. The van der Waals surface area contributed by atoms with Crippen molar-refractivity contribution in [1.29, 1.82) is 0 Å². The lowest BCUT2D eigenvalue weighted by molar-refractivity contribution is -0.124. The van der Waals surface area contributed by atoms with Crippen molar-refractivity contribution in [3.05, 3.63) is 28.7 Å². The number of imide groups is 1. The number of carbonyl (C=O) groups is 3. The number of hydrogen-bond acceptors (Lipinski definition) is 4. The van der Waals surface area contributed by atoms with E-state index in [4.69, 9.17) is 4.74 Å². The minimum absolute atomic E-state index is 0.432. The largest absolute Gasteiger partial charge is 0.444 e. The first-order chi connectivity index (χ1) is 11.7. The minimum atomic E-state index is -0.703. The topological polar surface area (TPSA) is 87.7 Å². The second-order valence-electron chi connectivity index (χ2n) is 6.78. The van der Waals surface area contributed by atoms with Crippen LogP contribution in [-0.2, 0) is 9.53 Å². The zero-order chi connectivity index (χ0) is 18.6. The summed E-state index contributed by atoms with van der Waals surface area (Å²) in [7, 11) is 0. The number of likely N-dealkylation sites (tertiary alicyclic amines) is 1. The van der Waals surface area contributed by atoms with Crippen LogP contribution in [0.2, 0.25) is 0 Å². The number of carbonyl (C=O) groups excluding carboxylic acids is 3. The quantitative estimate of drug-likeness (QED) is 0.779. The minimum Gasteiger partial charge on any atom is -0.444 e. The van der Waals surface area contributed by atoms with Gasteiger partial charge in [-0.1, -0.05) is 15.9 Å². The fourth-order valence-electron chi connectivity index (χ4n) is 2.47. The summed E-state index contributed by atoms with van der Waals surface area (Å²) in [4.78, 5) is 37.9. The van der Waals surface area contributed by atoms with Gasteiger partial charge in [0.15, 0.2) is 0 Å². The van der Waals surface area contributed by atoms with Gasteiger partial charge in [0.2, 0.25) is 0 Å². The van der Waals surface area contributed by atoms with Gasteiger partial charge in [0.25, 0.3) is 5.91 Å². The average Bonchev–Trinajstić information content (AvgIpc) is 2.97. The van der Waals surface area contributed by atoms with Crippen molar-refractivity contribution in [2.24, 2.45) is 0 Å². The Morgan fingerprint density at radius 2 is 1.84 bits per heavy atom. The molecule has 1 fully saturated rings. The van der Waals surface area contributed by atoms with E-state index in [1.165, 1.54) is 4.90 Å². The van der Waals surface area contributed by atoms with E-state index in [1.807, 2.05) is 0 Å². The molecule has 1 unspecified atom stereocenters. The molecular formula is C17H22BrN3O4. The molecule has 136 valence electrons. The van der Waals surface area contributed by atoms with Crippen molar-refractivity contribution in [1.82, 2.24) is 10.2 Å². The highest BCUT2D eigenvalue weighted by molar-refractivity contribution is 9.10. The highest BCUT2D eigenvalue weighted by atomic mass is 79.9. The monoisotopic (exact) mass is 411 g/mol. The van der Waals surface area contributed by atoms with Crippen molar-refractivity contribution >= 4 is 39.6 Å². The summed E-state index contributed by atoms with van der Waals surface area (Å²) in [6.07, 6.45) is 0.640. The molecule has 0 aromatic heterocycles. The number of rotatable bonds is 2. The molecule has 0 aliphatic carbocycles. The number of ether oxygens (including phenoxy) is 1. The number of anilines is 1. The number of amides is 4. The van der Waals surface area contributed by atoms with Gasteiger partial charge in [-0.2, -0.15) is 0 Å². The molecule has 0 saturated carbocycles. The molecule has 2 N–H and O–H groups in total. The van der Waals surface area contributed by atoms with Gasteiger partial charge < -0.3 is 10.1 Å². The van der Waals surface area contributed by atoms with E-state index in [0.717, 1.165) is 4.47 Å². The summed E-state index contributed by atoms with van der Waals surface area (Å²) < 4.78 is 6.20. The van der Waals surface area contributed by atoms with Crippen molar-refractivity contribution in [2.75, 3.05) is 11.9 Å². The van der Waals surface area contributed by atoms with Gasteiger partial charge in [0, 0.05) is 16.7 Å². The molecule has 8 heteroatoms. The third-order valence-electron chi connectivity index (χ3n) is 3.52. The predicted octanol–water partition coefficient (Wildman–Crippen LogP) is 3.50. The Morgan fingerprint density at radius 3 is 2.44 bits per heavy atom. The third kappa shape index (κ3) is 5.74. The number of urea groups is 1. The highest BCUT2D eigenvalue weighted by Crippen LogP contribution is 2.21. The molecule has 1 heterocycles. The van der Waals surface area contributed by atoms with E-state index in [0.29, 0.717) is 25.1 Å². The zero-order valence-corrected chi connectivity index (χ0v) is 16.1. The second kappa shape index (κ2) is 7.86. The molecule has 0 bridgehead atoms. The first kappa shape index (κ1) is 19.2. The normalized spacial score (nSPS) is 17.1. The molecule has 1 aliphatic rings. The van der Waals surface area contributed by atoms with Crippen LogP contribution in [0, 0.1) is 0 Å². The van der Waals surface area contributed by atoms with E-state index in [-0.39, 0.29) is 0 Å². The van der Waals surface area contributed by atoms with Gasteiger partial charge in [-0.25, -0.2) is 9.59 Å². The molecule has 25 heavy (non-hydrogen) atoms. The lowest BCUT2D eigenvalue weighted by Gasteiger charge is -2.27. The molecule has 1 aliphatic heterocycles. The number of nitrogens with one attached hydrogen (secondary N) is 2. The fraction of sp³-hybridized carbons (Fsp3) is 0.471. The molecule has 7 nitrogen and oxygen atoms in total. The van der Waals surface area contributed by atoms with E-state index in [9.17, 15) is 14.4 Å². The lowest BCUT2D eigenvalue weighted by Crippen LogP contribution is -2.49. The van der Waals surface area contributed by atoms with E-state index in [2.05, 4.69) is 26.6 Å². The molecule has 0 radical (unpaired) electrons. The van der Waals surface area contributed by atoms with E-state index >= 15 is 0 Å².